The first kappa shape index (κ1) is 13.5. The van der Waals surface area contributed by atoms with Crippen LogP contribution in [0.3, 0.4) is 0 Å². The number of hydrogen-bond donors (Lipinski definition) is 2. The first-order chi connectivity index (χ1) is 8.99. The number of aromatic nitrogens is 2. The Balaban J connectivity index is 2.07. The van der Waals surface area contributed by atoms with Gasteiger partial charge in [-0.1, -0.05) is 0 Å². The van der Waals surface area contributed by atoms with Gasteiger partial charge in [-0.25, -0.2) is 4.39 Å². The van der Waals surface area contributed by atoms with Crippen LogP contribution in [0.15, 0.2) is 28.9 Å². The smallest absolute Gasteiger partial charge is 0.252 e. The maximum atomic E-state index is 12.9. The van der Waals surface area contributed by atoms with Crippen LogP contribution in [0.1, 0.15) is 15.9 Å². The quantitative estimate of drug-likeness (QED) is 0.903. The van der Waals surface area contributed by atoms with Gasteiger partial charge in [0.05, 0.1) is 11.8 Å². The van der Waals surface area contributed by atoms with Crippen molar-refractivity contribution in [3.05, 3.63) is 45.8 Å². The Morgan fingerprint density at radius 3 is 2.89 bits per heavy atom. The van der Waals surface area contributed by atoms with E-state index in [9.17, 15) is 9.18 Å². The number of carbonyl (C=O) groups excluding carboxylic acids is 1. The molecule has 1 heterocycles. The van der Waals surface area contributed by atoms with E-state index in [4.69, 9.17) is 5.73 Å². The highest BCUT2D eigenvalue weighted by atomic mass is 79.9. The summed E-state index contributed by atoms with van der Waals surface area (Å²) in [6.07, 6.45) is 1.59. The van der Waals surface area contributed by atoms with Gasteiger partial charge in [-0.2, -0.15) is 5.10 Å². The van der Waals surface area contributed by atoms with Crippen molar-refractivity contribution in [2.75, 3.05) is 5.73 Å². The third kappa shape index (κ3) is 2.93. The number of carbonyl (C=O) groups is 1. The van der Waals surface area contributed by atoms with Gasteiger partial charge in [0.1, 0.15) is 11.6 Å². The molecule has 0 aliphatic carbocycles. The molecule has 0 unspecified atom stereocenters. The molecule has 0 fully saturated rings. The number of aryl methyl sites for hydroxylation is 1. The van der Waals surface area contributed by atoms with E-state index in [-0.39, 0.29) is 12.5 Å². The van der Waals surface area contributed by atoms with Crippen LogP contribution in [0.4, 0.5) is 10.2 Å². The number of hydrogen-bond acceptors (Lipinski definition) is 3. The van der Waals surface area contributed by atoms with E-state index in [1.54, 1.807) is 13.2 Å². The zero-order chi connectivity index (χ0) is 14.0. The minimum atomic E-state index is -0.403. The lowest BCUT2D eigenvalue weighted by Gasteiger charge is -2.06. The topological polar surface area (TPSA) is 72.9 Å². The largest absolute Gasteiger partial charge is 0.384 e. The van der Waals surface area contributed by atoms with Crippen molar-refractivity contribution in [2.24, 2.45) is 7.05 Å². The molecule has 19 heavy (non-hydrogen) atoms. The van der Waals surface area contributed by atoms with Crippen LogP contribution in [0, 0.1) is 5.82 Å². The fourth-order valence-electron chi connectivity index (χ4n) is 1.57. The SMILES string of the molecule is Cn1ncc(CNC(=O)c2ccc(F)cc2Br)c1N. The molecule has 0 atom stereocenters. The number of nitrogens with two attached hydrogens (primary N) is 1. The first-order valence-corrected chi connectivity index (χ1v) is 6.28. The van der Waals surface area contributed by atoms with Crippen molar-refractivity contribution in [2.45, 2.75) is 6.54 Å². The summed E-state index contributed by atoms with van der Waals surface area (Å²) in [6.45, 7) is 0.266. The highest BCUT2D eigenvalue weighted by Crippen LogP contribution is 2.18. The number of nitrogens with zero attached hydrogens (tertiary/aromatic N) is 2. The average Bonchev–Trinajstić information content (AvgIpc) is 2.67. The van der Waals surface area contributed by atoms with Crippen molar-refractivity contribution in [3.63, 3.8) is 0 Å². The number of rotatable bonds is 3. The Labute approximate surface area is 117 Å². The second-order valence-corrected chi connectivity index (χ2v) is 4.84. The summed E-state index contributed by atoms with van der Waals surface area (Å²) in [6, 6.07) is 3.90. The molecule has 0 aliphatic rings. The molecular weight excluding hydrogens is 315 g/mol. The van der Waals surface area contributed by atoms with Crippen molar-refractivity contribution >= 4 is 27.7 Å². The highest BCUT2D eigenvalue weighted by Gasteiger charge is 2.12. The highest BCUT2D eigenvalue weighted by molar-refractivity contribution is 9.10. The van der Waals surface area contributed by atoms with Gasteiger partial charge < -0.3 is 11.1 Å². The van der Waals surface area contributed by atoms with Crippen LogP contribution in [0.2, 0.25) is 0 Å². The van der Waals surface area contributed by atoms with Crippen LogP contribution in [0.5, 0.6) is 0 Å². The van der Waals surface area contributed by atoms with E-state index < -0.39 is 5.82 Å². The minimum absolute atomic E-state index is 0.266. The van der Waals surface area contributed by atoms with E-state index >= 15 is 0 Å². The number of anilines is 1. The summed E-state index contributed by atoms with van der Waals surface area (Å²) < 4.78 is 14.9. The Bertz CT molecular complexity index is 626. The zero-order valence-electron chi connectivity index (χ0n) is 10.2. The van der Waals surface area contributed by atoms with Crippen molar-refractivity contribution < 1.29 is 9.18 Å². The van der Waals surface area contributed by atoms with Crippen LogP contribution in [-0.2, 0) is 13.6 Å². The van der Waals surface area contributed by atoms with Crippen LogP contribution in [-0.4, -0.2) is 15.7 Å². The van der Waals surface area contributed by atoms with Crippen LogP contribution < -0.4 is 11.1 Å². The van der Waals surface area contributed by atoms with E-state index in [0.29, 0.717) is 15.9 Å². The molecule has 2 aromatic rings. The van der Waals surface area contributed by atoms with Crippen LogP contribution in [0.25, 0.3) is 0 Å². The third-order valence-electron chi connectivity index (χ3n) is 2.68. The maximum Gasteiger partial charge on any atom is 0.252 e. The second kappa shape index (κ2) is 5.40. The van der Waals surface area contributed by atoms with Gasteiger partial charge in [0.25, 0.3) is 5.91 Å². The molecule has 1 aromatic carbocycles. The molecule has 0 saturated heterocycles. The Hall–Kier alpha value is -1.89. The second-order valence-electron chi connectivity index (χ2n) is 3.99. The van der Waals surface area contributed by atoms with Crippen molar-refractivity contribution in [1.29, 1.82) is 0 Å². The monoisotopic (exact) mass is 326 g/mol. The summed E-state index contributed by atoms with van der Waals surface area (Å²) in [4.78, 5) is 11.9. The summed E-state index contributed by atoms with van der Waals surface area (Å²) in [5.41, 5.74) is 6.86. The average molecular weight is 327 g/mol. The molecule has 0 bridgehead atoms. The van der Waals surface area contributed by atoms with E-state index in [1.807, 2.05) is 0 Å². The number of benzene rings is 1. The Kier molecular flexibility index (Phi) is 3.84. The maximum absolute atomic E-state index is 12.9. The normalized spacial score (nSPS) is 10.5. The summed E-state index contributed by atoms with van der Waals surface area (Å²) in [5.74, 6) is -0.214. The van der Waals surface area contributed by atoms with Gasteiger partial charge in [-0.15, -0.1) is 0 Å². The molecule has 7 heteroatoms. The van der Waals surface area contributed by atoms with Crippen molar-refractivity contribution in [3.8, 4) is 0 Å². The minimum Gasteiger partial charge on any atom is -0.384 e. The van der Waals surface area contributed by atoms with Gasteiger partial charge in [0, 0.05) is 23.6 Å². The number of amides is 1. The van der Waals surface area contributed by atoms with Gasteiger partial charge in [-0.05, 0) is 34.1 Å². The standard InChI is InChI=1S/C12H12BrFN4O/c1-18-11(15)7(6-17-18)5-16-12(19)9-3-2-8(14)4-10(9)13/h2-4,6H,5,15H2,1H3,(H,16,19). The lowest BCUT2D eigenvalue weighted by molar-refractivity contribution is 0.0950. The van der Waals surface area contributed by atoms with E-state index in [1.165, 1.54) is 22.9 Å². The molecule has 1 amide bonds. The fraction of sp³-hybridized carbons (Fsp3) is 0.167. The van der Waals surface area contributed by atoms with E-state index in [0.717, 1.165) is 5.56 Å². The molecule has 2 rings (SSSR count). The molecule has 0 saturated carbocycles. The van der Waals surface area contributed by atoms with Gasteiger partial charge in [0.2, 0.25) is 0 Å². The summed E-state index contributed by atoms with van der Waals surface area (Å²) in [7, 11) is 1.72. The van der Waals surface area contributed by atoms with Gasteiger partial charge in [-0.3, -0.25) is 9.48 Å². The summed E-state index contributed by atoms with van der Waals surface area (Å²) in [5, 5.41) is 6.68. The first-order valence-electron chi connectivity index (χ1n) is 5.48. The molecule has 0 aliphatic heterocycles. The van der Waals surface area contributed by atoms with E-state index in [2.05, 4.69) is 26.3 Å². The molecule has 5 nitrogen and oxygen atoms in total. The number of halogens is 2. The van der Waals surface area contributed by atoms with Gasteiger partial charge in [0.15, 0.2) is 0 Å². The van der Waals surface area contributed by atoms with Crippen molar-refractivity contribution in [1.82, 2.24) is 15.1 Å². The molecular formula is C12H12BrFN4O. The molecule has 3 N–H and O–H groups in total. The Morgan fingerprint density at radius 2 is 2.32 bits per heavy atom. The zero-order valence-corrected chi connectivity index (χ0v) is 11.7. The third-order valence-corrected chi connectivity index (χ3v) is 3.34. The number of nitrogens with one attached hydrogen (secondary N) is 1. The molecule has 100 valence electrons. The summed E-state index contributed by atoms with van der Waals surface area (Å²) >= 11 is 3.15. The fourth-order valence-corrected chi connectivity index (χ4v) is 2.10. The van der Waals surface area contributed by atoms with Gasteiger partial charge >= 0.3 is 0 Å². The molecule has 1 aromatic heterocycles. The predicted octanol–water partition coefficient (Wildman–Crippen LogP) is 1.83. The molecule has 0 radical (unpaired) electrons. The number of nitrogen functional groups attached to an aromatic ring is 1. The lowest BCUT2D eigenvalue weighted by atomic mass is 10.2. The molecule has 0 spiro atoms. The Morgan fingerprint density at radius 1 is 1.58 bits per heavy atom. The lowest BCUT2D eigenvalue weighted by Crippen LogP contribution is -2.23. The van der Waals surface area contributed by atoms with Crippen LogP contribution >= 0.6 is 15.9 Å². The predicted molar refractivity (Wildman–Crippen MR) is 72.9 cm³/mol.